The average Bonchev–Trinajstić information content (AvgIpc) is 0.875. The lowest BCUT2D eigenvalue weighted by molar-refractivity contribution is -0.145. The number of hydrogen-bond donors (Lipinski definition) is 24. The van der Waals surface area contributed by atoms with E-state index in [0.717, 1.165) is 29.4 Å². The maximum absolute atomic E-state index is 13.1. The zero-order chi connectivity index (χ0) is 98.1. The first-order chi connectivity index (χ1) is 61.7. The van der Waals surface area contributed by atoms with Crippen molar-refractivity contribution in [3.05, 3.63) is 0 Å². The standard InChI is InChI=1S/C77H150N12O41/c1-78-52(77(118)80-9-13-120-17-21-124-25-29-128-33-35-130-31-27-126-23-19-122-15-11-89(40-55(96)71(112)75(116)59(100)50-92)41-56(97)72(113)76(117)60(101)51-93)36-61(102)81-37-63(104)83(3)43-65(106)85(5)45-67(108)87(7)47-68(109)86(6)46-66(107)84(4)44-64(105)82(2)42-62(103)79-8-12-119-16-20-123-24-28-127-32-34-129-30-26-125-22-18-121-14-10-88(38-53(94)69(110)73(114)57(98)48-90)39-54(95)70(111)74(115)58(99)49-91/h52-60,69-76,78,90-101,110-117H,8-51H2,1-7H3,(H,79,103)(H,80,118)(H,81,102)/t52-,53-,54-,55-,56-,57+,58+,59+,60+,69+,70+,71+,72+,73+,74+,75+,76+/m0/s1. The molecule has 0 fully saturated rings. The van der Waals surface area contributed by atoms with Crippen LogP contribution < -0.4 is 21.3 Å². The van der Waals surface area contributed by atoms with Gasteiger partial charge in [0.2, 0.25) is 53.2 Å². The number of ether oxygens (including phenoxy) is 12. The van der Waals surface area contributed by atoms with Gasteiger partial charge in [0.25, 0.3) is 0 Å². The fraction of sp³-hybridized carbons (Fsp3) is 0.883. The Balaban J connectivity index is 4.33. The Bertz CT molecular complexity index is 2930. The molecule has 0 aromatic heterocycles. The van der Waals surface area contributed by atoms with E-state index < -0.39 is 249 Å². The molecule has 764 valence electrons. The third-order valence-electron chi connectivity index (χ3n) is 19.3. The van der Waals surface area contributed by atoms with Crippen LogP contribution in [0.1, 0.15) is 6.42 Å². The molecule has 53 nitrogen and oxygen atoms in total. The molecule has 0 unspecified atom stereocenters. The van der Waals surface area contributed by atoms with Crippen LogP contribution >= 0.6 is 0 Å². The van der Waals surface area contributed by atoms with Gasteiger partial charge in [0.15, 0.2) is 0 Å². The molecular formula is C77H150N12O41. The quantitative estimate of drug-likeness (QED) is 0.0251. The summed E-state index contributed by atoms with van der Waals surface area (Å²) >= 11 is 0. The summed E-state index contributed by atoms with van der Waals surface area (Å²) < 4.78 is 65.8. The van der Waals surface area contributed by atoms with Crippen molar-refractivity contribution in [3.8, 4) is 0 Å². The molecule has 0 aliphatic heterocycles. The summed E-state index contributed by atoms with van der Waals surface area (Å²) in [6.45, 7) is -3.73. The van der Waals surface area contributed by atoms with Crippen LogP contribution in [0.2, 0.25) is 0 Å². The van der Waals surface area contributed by atoms with Crippen molar-refractivity contribution in [1.82, 2.24) is 60.5 Å². The van der Waals surface area contributed by atoms with E-state index in [1.165, 1.54) is 59.1 Å². The second-order valence-electron chi connectivity index (χ2n) is 30.0. The largest absolute Gasteiger partial charge is 0.394 e. The molecule has 0 rings (SSSR count). The van der Waals surface area contributed by atoms with E-state index >= 15 is 0 Å². The molecule has 0 saturated carbocycles. The molecule has 0 aliphatic carbocycles. The van der Waals surface area contributed by atoms with Crippen molar-refractivity contribution in [1.29, 1.82) is 0 Å². The second kappa shape index (κ2) is 75.1. The Kier molecular flexibility index (Phi) is 71.5. The first-order valence-corrected chi connectivity index (χ1v) is 42.4. The summed E-state index contributed by atoms with van der Waals surface area (Å²) in [5.41, 5.74) is 0. The highest BCUT2D eigenvalue weighted by molar-refractivity contribution is 5.93. The van der Waals surface area contributed by atoms with Gasteiger partial charge in [0.1, 0.15) is 73.2 Å². The molecule has 0 spiro atoms. The predicted octanol–water partition coefficient (Wildman–Crippen LogP) is -18.4. The summed E-state index contributed by atoms with van der Waals surface area (Å²) in [4.78, 5) is 125. The van der Waals surface area contributed by atoms with E-state index in [9.17, 15) is 125 Å². The van der Waals surface area contributed by atoms with Crippen LogP contribution in [0, 0.1) is 0 Å². The minimum atomic E-state index is -1.92. The van der Waals surface area contributed by atoms with Gasteiger partial charge in [-0.3, -0.25) is 53.0 Å². The van der Waals surface area contributed by atoms with Crippen molar-refractivity contribution in [2.75, 3.05) is 332 Å². The van der Waals surface area contributed by atoms with E-state index in [4.69, 9.17) is 77.3 Å². The Labute approximate surface area is 755 Å². The third-order valence-corrected chi connectivity index (χ3v) is 19.3. The first kappa shape index (κ1) is 124. The number of amides is 9. The lowest BCUT2D eigenvalue weighted by Crippen LogP contribution is -2.53. The molecule has 24 N–H and O–H groups in total. The van der Waals surface area contributed by atoms with Gasteiger partial charge in [-0.05, 0) is 7.05 Å². The van der Waals surface area contributed by atoms with Gasteiger partial charge in [-0.2, -0.15) is 0 Å². The Morgan fingerprint density at radius 1 is 0.254 bits per heavy atom. The Hall–Kier alpha value is -6.17. The minimum absolute atomic E-state index is 0.0170. The molecule has 9 amide bonds. The van der Waals surface area contributed by atoms with E-state index in [1.807, 2.05) is 0 Å². The monoisotopic (exact) mass is 1900 g/mol. The number of likely N-dealkylation sites (N-methyl/N-ethyl adjacent to an activating group) is 7. The maximum Gasteiger partial charge on any atom is 0.242 e. The van der Waals surface area contributed by atoms with Crippen LogP contribution in [0.15, 0.2) is 0 Å². The minimum Gasteiger partial charge on any atom is -0.394 e. The molecular weight excluding hydrogens is 1750 g/mol. The number of nitrogens with zero attached hydrogens (tertiary/aromatic N) is 8. The number of carbonyl (C=O) groups is 9. The Morgan fingerprint density at radius 3 is 0.700 bits per heavy atom. The van der Waals surface area contributed by atoms with Crippen LogP contribution in [0.3, 0.4) is 0 Å². The lowest BCUT2D eigenvalue weighted by Gasteiger charge is -2.33. The van der Waals surface area contributed by atoms with Gasteiger partial charge >= 0.3 is 0 Å². The highest BCUT2D eigenvalue weighted by atomic mass is 16.6. The summed E-state index contributed by atoms with van der Waals surface area (Å²) in [7, 11) is 9.39. The van der Waals surface area contributed by atoms with Crippen LogP contribution in [0.25, 0.3) is 0 Å². The normalized spacial score (nSPS) is 15.8. The molecule has 0 heterocycles. The van der Waals surface area contributed by atoms with Crippen LogP contribution in [0.5, 0.6) is 0 Å². The summed E-state index contributed by atoms with van der Waals surface area (Å²) in [6.07, 6.45) is -29.6. The highest BCUT2D eigenvalue weighted by Crippen LogP contribution is 2.14. The van der Waals surface area contributed by atoms with Gasteiger partial charge in [-0.25, -0.2) is 0 Å². The molecule has 17 atom stereocenters. The van der Waals surface area contributed by atoms with Crippen LogP contribution in [-0.2, 0) is 100.0 Å². The molecule has 0 radical (unpaired) electrons. The maximum atomic E-state index is 13.1. The van der Waals surface area contributed by atoms with Crippen LogP contribution in [0.4, 0.5) is 0 Å². The average molecular weight is 1900 g/mol. The van der Waals surface area contributed by atoms with Gasteiger partial charge in [0.05, 0.1) is 268 Å². The smallest absolute Gasteiger partial charge is 0.242 e. The van der Waals surface area contributed by atoms with Crippen molar-refractivity contribution in [3.63, 3.8) is 0 Å². The molecule has 0 bridgehead atoms. The van der Waals surface area contributed by atoms with Crippen molar-refractivity contribution in [2.45, 2.75) is 110 Å². The number of aliphatic hydroxyl groups excluding tert-OH is 20. The van der Waals surface area contributed by atoms with Crippen molar-refractivity contribution in [2.24, 2.45) is 0 Å². The van der Waals surface area contributed by atoms with E-state index in [1.54, 1.807) is 0 Å². The van der Waals surface area contributed by atoms with Gasteiger partial charge < -0.3 is 210 Å². The SMILES string of the molecule is CN[C@@H](CC(=O)NCC(=O)N(C)CC(=O)N(C)CC(=O)N(C)CC(=O)N(C)CC(=O)N(C)CC(=O)N(C)CC(=O)NCCOCCOCCOCCOCCOCCOCCN(C[C@H](O)[C@@H](O)[C@H](O)[C@H](O)CO)C[C@H](O)[C@@H](O)[C@H](O)[C@H](O)CO)C(=O)NCCOCCOCCOCCOCCOCCOCCN(C[C@H](O)[C@@H](O)[C@H](O)[C@H](O)CO)C[C@H](O)[C@@H](O)[C@H](O)[C@H](O)CO. The van der Waals surface area contributed by atoms with Crippen molar-refractivity contribution < 1.29 is 202 Å². The summed E-state index contributed by atoms with van der Waals surface area (Å²) in [6, 6.07) is -0.978. The zero-order valence-electron chi connectivity index (χ0n) is 75.5. The molecule has 130 heavy (non-hydrogen) atoms. The van der Waals surface area contributed by atoms with Gasteiger partial charge in [-0.15, -0.1) is 0 Å². The third kappa shape index (κ3) is 56.9. The highest BCUT2D eigenvalue weighted by Gasteiger charge is 2.38. The predicted molar refractivity (Wildman–Crippen MR) is 449 cm³/mol. The number of rotatable bonds is 84. The zero-order valence-corrected chi connectivity index (χ0v) is 75.5. The molecule has 0 aromatic carbocycles. The Morgan fingerprint density at radius 2 is 0.462 bits per heavy atom. The molecule has 0 aromatic rings. The number of hydrogen-bond acceptors (Lipinski definition) is 44. The first-order valence-electron chi connectivity index (χ1n) is 42.4. The number of aliphatic hydroxyl groups is 20. The fourth-order valence-corrected chi connectivity index (χ4v) is 11.0. The molecule has 0 aliphatic rings. The van der Waals surface area contributed by atoms with Crippen LogP contribution in [-0.4, -0.2) is 631 Å². The molecule has 53 heteroatoms. The number of carbonyl (C=O) groups excluding carboxylic acids is 9. The van der Waals surface area contributed by atoms with Gasteiger partial charge in [0, 0.05) is 94.6 Å². The van der Waals surface area contributed by atoms with E-state index in [2.05, 4.69) is 21.3 Å². The summed E-state index contributed by atoms with van der Waals surface area (Å²) in [5.74, 6) is -5.52. The van der Waals surface area contributed by atoms with Gasteiger partial charge in [-0.1, -0.05) is 0 Å². The van der Waals surface area contributed by atoms with Crippen molar-refractivity contribution >= 4 is 53.2 Å². The topological polar surface area (TPSA) is 743 Å². The lowest BCUT2D eigenvalue weighted by atomic mass is 10.0. The number of nitrogens with one attached hydrogen (secondary N) is 4. The fourth-order valence-electron chi connectivity index (χ4n) is 11.0. The van der Waals surface area contributed by atoms with E-state index in [-0.39, 0.29) is 198 Å². The molecule has 0 saturated heterocycles. The second-order valence-corrected chi connectivity index (χ2v) is 30.0. The van der Waals surface area contributed by atoms with E-state index in [0.29, 0.717) is 0 Å². The summed E-state index contributed by atoms with van der Waals surface area (Å²) in [5, 5.41) is 208.